The van der Waals surface area contributed by atoms with E-state index < -0.39 is 12.0 Å². The second kappa shape index (κ2) is 4.82. The van der Waals surface area contributed by atoms with Crippen molar-refractivity contribution < 1.29 is 4.79 Å². The first-order valence-electron chi connectivity index (χ1n) is 4.88. The molecule has 1 aliphatic rings. The minimum atomic E-state index is -0.781. The maximum Gasteiger partial charge on any atom is 0.245 e. The number of benzene rings is 1. The molecule has 6 heteroatoms. The fraction of sp³-hybridized carbons (Fsp3) is 0.182. The largest absolute Gasteiger partial charge is 0.354 e. The number of thiocarbonyl (C=S) groups is 1. The van der Waals surface area contributed by atoms with Crippen LogP contribution in [0.2, 0.25) is 0 Å². The van der Waals surface area contributed by atoms with Gasteiger partial charge in [0.2, 0.25) is 5.91 Å². The molecule has 86 valence electrons. The van der Waals surface area contributed by atoms with Gasteiger partial charge in [0.05, 0.1) is 12.1 Å². The van der Waals surface area contributed by atoms with Crippen LogP contribution in [0.4, 0.5) is 0 Å². The summed E-state index contributed by atoms with van der Waals surface area (Å²) in [5.74, 6) is -1.14. The lowest BCUT2D eigenvalue weighted by molar-refractivity contribution is -0.123. The summed E-state index contributed by atoms with van der Waals surface area (Å²) in [7, 11) is 0. The van der Waals surface area contributed by atoms with Crippen LogP contribution >= 0.6 is 28.1 Å². The zero-order chi connectivity index (χ0) is 12.4. The van der Waals surface area contributed by atoms with Crippen molar-refractivity contribution in [2.75, 3.05) is 0 Å². The highest BCUT2D eigenvalue weighted by Crippen LogP contribution is 2.26. The van der Waals surface area contributed by atoms with Crippen LogP contribution in [0.5, 0.6) is 0 Å². The number of nitrogens with zero attached hydrogens (tertiary/aromatic N) is 1. The van der Waals surface area contributed by atoms with E-state index in [9.17, 15) is 4.79 Å². The van der Waals surface area contributed by atoms with Crippen LogP contribution in [0.25, 0.3) is 0 Å². The second-order valence-corrected chi connectivity index (χ2v) is 4.93. The molecule has 1 aromatic rings. The molecule has 0 aliphatic carbocycles. The van der Waals surface area contributed by atoms with Crippen molar-refractivity contribution in [1.82, 2.24) is 10.6 Å². The van der Waals surface area contributed by atoms with Crippen molar-refractivity contribution in [3.63, 3.8) is 0 Å². The van der Waals surface area contributed by atoms with Crippen LogP contribution in [0.1, 0.15) is 11.6 Å². The Morgan fingerprint density at radius 1 is 1.47 bits per heavy atom. The molecule has 1 aliphatic heterocycles. The van der Waals surface area contributed by atoms with E-state index in [1.165, 1.54) is 0 Å². The highest BCUT2D eigenvalue weighted by molar-refractivity contribution is 9.10. The van der Waals surface area contributed by atoms with Gasteiger partial charge in [0.25, 0.3) is 0 Å². The Balaban J connectivity index is 2.38. The van der Waals surface area contributed by atoms with Crippen molar-refractivity contribution in [1.29, 1.82) is 5.26 Å². The van der Waals surface area contributed by atoms with Gasteiger partial charge in [-0.05, 0) is 29.9 Å². The van der Waals surface area contributed by atoms with Gasteiger partial charge in [-0.1, -0.05) is 28.1 Å². The van der Waals surface area contributed by atoms with Crippen molar-refractivity contribution in [2.45, 2.75) is 6.04 Å². The third-order valence-electron chi connectivity index (χ3n) is 2.49. The Hall–Kier alpha value is -1.45. The van der Waals surface area contributed by atoms with E-state index in [1.54, 1.807) is 0 Å². The first-order valence-corrected chi connectivity index (χ1v) is 6.08. The number of nitrogens with one attached hydrogen (secondary N) is 2. The minimum absolute atomic E-state index is 0.256. The molecule has 2 rings (SSSR count). The van der Waals surface area contributed by atoms with E-state index in [2.05, 4.69) is 26.6 Å². The van der Waals surface area contributed by atoms with Gasteiger partial charge in [-0.15, -0.1) is 0 Å². The molecule has 2 N–H and O–H groups in total. The van der Waals surface area contributed by atoms with Gasteiger partial charge in [0.1, 0.15) is 5.92 Å². The summed E-state index contributed by atoms with van der Waals surface area (Å²) in [5, 5.41) is 14.7. The van der Waals surface area contributed by atoms with Gasteiger partial charge in [0.15, 0.2) is 5.11 Å². The number of amides is 1. The highest BCUT2D eigenvalue weighted by Gasteiger charge is 2.35. The van der Waals surface area contributed by atoms with Crippen LogP contribution in [0.15, 0.2) is 28.7 Å². The summed E-state index contributed by atoms with van der Waals surface area (Å²) in [5.41, 5.74) is 0.850. The zero-order valence-electron chi connectivity index (χ0n) is 8.61. The fourth-order valence-electron chi connectivity index (χ4n) is 1.71. The number of carbonyl (C=O) groups excluding carboxylic acids is 1. The Morgan fingerprint density at radius 2 is 2.24 bits per heavy atom. The number of hydrogen-bond donors (Lipinski definition) is 2. The van der Waals surface area contributed by atoms with Crippen LogP contribution in [-0.4, -0.2) is 11.0 Å². The summed E-state index contributed by atoms with van der Waals surface area (Å²) in [6, 6.07) is 9.04. The molecule has 4 nitrogen and oxygen atoms in total. The lowest BCUT2D eigenvalue weighted by Gasteiger charge is -2.29. The SMILES string of the molecule is N#CC1C(=O)NC(=S)NC1c1cccc(Br)c1. The van der Waals surface area contributed by atoms with Gasteiger partial charge in [0, 0.05) is 4.47 Å². The predicted octanol–water partition coefficient (Wildman–Crippen LogP) is 1.63. The summed E-state index contributed by atoms with van der Waals surface area (Å²) < 4.78 is 0.894. The van der Waals surface area contributed by atoms with E-state index in [-0.39, 0.29) is 11.0 Å². The molecule has 1 amide bonds. The quantitative estimate of drug-likeness (QED) is 0.774. The molecule has 17 heavy (non-hydrogen) atoms. The minimum Gasteiger partial charge on any atom is -0.354 e. The van der Waals surface area contributed by atoms with E-state index in [0.717, 1.165) is 10.0 Å². The Labute approximate surface area is 112 Å². The van der Waals surface area contributed by atoms with Crippen molar-refractivity contribution in [3.05, 3.63) is 34.3 Å². The third kappa shape index (κ3) is 2.46. The number of halogens is 1. The van der Waals surface area contributed by atoms with Gasteiger partial charge in [-0.2, -0.15) is 5.26 Å². The maximum atomic E-state index is 11.6. The lowest BCUT2D eigenvalue weighted by Crippen LogP contribution is -2.53. The van der Waals surface area contributed by atoms with Crippen LogP contribution in [0.3, 0.4) is 0 Å². The van der Waals surface area contributed by atoms with Gasteiger partial charge in [-0.25, -0.2) is 0 Å². The van der Waals surface area contributed by atoms with E-state index in [4.69, 9.17) is 17.5 Å². The van der Waals surface area contributed by atoms with E-state index in [1.807, 2.05) is 30.3 Å². The molecule has 1 aromatic carbocycles. The van der Waals surface area contributed by atoms with Crippen molar-refractivity contribution in [3.8, 4) is 6.07 Å². The average molecular weight is 310 g/mol. The molecule has 2 atom stereocenters. The lowest BCUT2D eigenvalue weighted by atomic mass is 9.92. The zero-order valence-corrected chi connectivity index (χ0v) is 11.0. The van der Waals surface area contributed by atoms with Crippen LogP contribution in [0, 0.1) is 17.2 Å². The molecular weight excluding hydrogens is 302 g/mol. The van der Waals surface area contributed by atoms with Crippen LogP contribution in [-0.2, 0) is 4.79 Å². The number of nitriles is 1. The molecule has 0 saturated carbocycles. The summed E-state index contributed by atoms with van der Waals surface area (Å²) in [6.45, 7) is 0. The third-order valence-corrected chi connectivity index (χ3v) is 3.20. The summed E-state index contributed by atoms with van der Waals surface area (Å²) >= 11 is 8.29. The molecule has 0 bridgehead atoms. The fourth-order valence-corrected chi connectivity index (χ4v) is 2.36. The van der Waals surface area contributed by atoms with Gasteiger partial charge in [-0.3, -0.25) is 4.79 Å². The summed E-state index contributed by atoms with van der Waals surface area (Å²) in [4.78, 5) is 11.6. The normalized spacial score (nSPS) is 23.5. The molecule has 1 saturated heterocycles. The number of rotatable bonds is 1. The van der Waals surface area contributed by atoms with Crippen molar-refractivity contribution >= 4 is 39.2 Å². The second-order valence-electron chi connectivity index (χ2n) is 3.60. The molecule has 1 fully saturated rings. The van der Waals surface area contributed by atoms with E-state index in [0.29, 0.717) is 0 Å². The van der Waals surface area contributed by atoms with Crippen LogP contribution < -0.4 is 10.6 Å². The molecule has 0 spiro atoms. The van der Waals surface area contributed by atoms with Crippen molar-refractivity contribution in [2.24, 2.45) is 5.92 Å². The van der Waals surface area contributed by atoms with Gasteiger partial charge >= 0.3 is 0 Å². The van der Waals surface area contributed by atoms with E-state index >= 15 is 0 Å². The maximum absolute atomic E-state index is 11.6. The topological polar surface area (TPSA) is 64.9 Å². The molecule has 0 aromatic heterocycles. The molecule has 2 unspecified atom stereocenters. The molecular formula is C11H8BrN3OS. The Morgan fingerprint density at radius 3 is 2.88 bits per heavy atom. The van der Waals surface area contributed by atoms with Gasteiger partial charge < -0.3 is 10.6 Å². The standard InChI is InChI=1S/C11H8BrN3OS/c12-7-3-1-2-6(4-7)9-8(5-13)10(16)15-11(17)14-9/h1-4,8-9H,(H2,14,15,16,17). The Bertz CT molecular complexity index is 526. The monoisotopic (exact) mass is 309 g/mol. The first-order chi connectivity index (χ1) is 8.11. The smallest absolute Gasteiger partial charge is 0.245 e. The Kier molecular flexibility index (Phi) is 3.41. The average Bonchev–Trinajstić information content (AvgIpc) is 2.28. The predicted molar refractivity (Wildman–Crippen MR) is 69.9 cm³/mol. The summed E-state index contributed by atoms with van der Waals surface area (Å²) in [6.07, 6.45) is 0. The first kappa shape index (κ1) is 12.0. The number of carbonyl (C=O) groups is 1. The molecule has 1 heterocycles. The highest BCUT2D eigenvalue weighted by atomic mass is 79.9. The molecule has 0 radical (unpaired) electrons. The number of hydrogen-bond acceptors (Lipinski definition) is 3.